The molecule has 2 heterocycles. The molecular weight excluding hydrogens is 416 g/mol. The zero-order valence-corrected chi connectivity index (χ0v) is 17.3. The van der Waals surface area contributed by atoms with E-state index < -0.39 is 0 Å². The number of anilines is 2. The van der Waals surface area contributed by atoms with E-state index in [0.29, 0.717) is 16.5 Å². The van der Waals surface area contributed by atoms with Crippen LogP contribution in [-0.2, 0) is 4.79 Å². The number of carbonyl (C=O) groups excluding carboxylic acids is 1. The number of thioether (sulfide) groups is 1. The lowest BCUT2D eigenvalue weighted by Crippen LogP contribution is -2.30. The zero-order chi connectivity index (χ0) is 20.5. The summed E-state index contributed by atoms with van der Waals surface area (Å²) >= 11 is 2.93. The third kappa shape index (κ3) is 3.44. The number of amides is 1. The molecule has 0 saturated heterocycles. The van der Waals surface area contributed by atoms with Crippen LogP contribution < -0.4 is 4.90 Å². The number of carbonyl (C=O) groups is 1. The number of phenols is 1. The lowest BCUT2D eigenvalue weighted by atomic mass is 10.2. The third-order valence-corrected chi connectivity index (χ3v) is 6.59. The Labute approximate surface area is 181 Å². The van der Waals surface area contributed by atoms with Crippen molar-refractivity contribution >= 4 is 40.8 Å². The summed E-state index contributed by atoms with van der Waals surface area (Å²) in [5.74, 6) is 0.730. The Morgan fingerprint density at radius 2 is 1.60 bits per heavy atom. The Morgan fingerprint density at radius 3 is 2.30 bits per heavy atom. The Hall–Kier alpha value is -3.23. The van der Waals surface area contributed by atoms with Crippen molar-refractivity contribution in [1.82, 2.24) is 15.2 Å². The fourth-order valence-electron chi connectivity index (χ4n) is 3.27. The third-order valence-electron chi connectivity index (χ3n) is 4.63. The van der Waals surface area contributed by atoms with Crippen LogP contribution in [0.5, 0.6) is 5.75 Å². The highest BCUT2D eigenvalue weighted by Crippen LogP contribution is 2.48. The monoisotopic (exact) mass is 432 g/mol. The molecule has 1 aliphatic rings. The van der Waals surface area contributed by atoms with E-state index in [-0.39, 0.29) is 17.4 Å². The van der Waals surface area contributed by atoms with Crippen LogP contribution in [-0.4, -0.2) is 31.9 Å². The number of nitrogens with zero attached hydrogens (tertiary/aromatic N) is 3. The van der Waals surface area contributed by atoms with Crippen molar-refractivity contribution in [2.75, 3.05) is 10.7 Å². The van der Waals surface area contributed by atoms with Crippen molar-refractivity contribution < 1.29 is 9.90 Å². The molecule has 2 N–H and O–H groups in total. The van der Waals surface area contributed by atoms with E-state index in [1.807, 2.05) is 54.6 Å². The first-order chi connectivity index (χ1) is 14.7. The molecule has 4 aromatic rings. The van der Waals surface area contributed by atoms with Crippen molar-refractivity contribution in [3.05, 3.63) is 72.8 Å². The predicted octanol–water partition coefficient (Wildman–Crippen LogP) is 5.10. The molecule has 1 aromatic heterocycles. The minimum absolute atomic E-state index is 0.0471. The van der Waals surface area contributed by atoms with Crippen LogP contribution in [0.3, 0.4) is 0 Å². The molecule has 0 spiro atoms. The number of phenolic OH excluding ortho intramolecular Hbond substituents is 1. The summed E-state index contributed by atoms with van der Waals surface area (Å²) in [6.07, 6.45) is 0. The maximum Gasteiger partial charge on any atom is 0.242 e. The van der Waals surface area contributed by atoms with Gasteiger partial charge < -0.3 is 5.11 Å². The second-order valence-electron chi connectivity index (χ2n) is 6.54. The number of H-pyrrole nitrogens is 1. The summed E-state index contributed by atoms with van der Waals surface area (Å²) in [4.78, 5) is 21.5. The van der Waals surface area contributed by atoms with Gasteiger partial charge in [-0.15, -0.1) is 5.10 Å². The van der Waals surface area contributed by atoms with Gasteiger partial charge in [0.05, 0.1) is 22.7 Å². The highest BCUT2D eigenvalue weighted by molar-refractivity contribution is 8.00. The summed E-state index contributed by atoms with van der Waals surface area (Å²) < 4.78 is 0. The Kier molecular flexibility index (Phi) is 4.94. The molecule has 6 nitrogen and oxygen atoms in total. The van der Waals surface area contributed by atoms with Gasteiger partial charge in [0.1, 0.15) is 5.75 Å². The lowest BCUT2D eigenvalue weighted by molar-refractivity contribution is -0.115. The van der Waals surface area contributed by atoms with Crippen LogP contribution in [0.15, 0.2) is 87.7 Å². The van der Waals surface area contributed by atoms with Gasteiger partial charge in [-0.1, -0.05) is 59.9 Å². The molecule has 148 valence electrons. The molecule has 0 atom stereocenters. The maximum absolute atomic E-state index is 13.2. The second kappa shape index (κ2) is 7.89. The zero-order valence-electron chi connectivity index (χ0n) is 15.6. The number of fused-ring (bicyclic) bond motifs is 2. The summed E-state index contributed by atoms with van der Waals surface area (Å²) in [5.41, 5.74) is 2.34. The molecule has 1 aliphatic heterocycles. The van der Waals surface area contributed by atoms with E-state index in [4.69, 9.17) is 0 Å². The van der Waals surface area contributed by atoms with Gasteiger partial charge in [0.2, 0.25) is 11.1 Å². The molecule has 30 heavy (non-hydrogen) atoms. The number of para-hydroxylation sites is 3. The quantitative estimate of drug-likeness (QED) is 0.437. The first-order valence-electron chi connectivity index (χ1n) is 9.23. The Bertz CT molecular complexity index is 1200. The van der Waals surface area contributed by atoms with Gasteiger partial charge >= 0.3 is 0 Å². The number of benzene rings is 3. The van der Waals surface area contributed by atoms with Crippen LogP contribution in [0.25, 0.3) is 11.4 Å². The average molecular weight is 433 g/mol. The second-order valence-corrected chi connectivity index (χ2v) is 8.57. The van der Waals surface area contributed by atoms with Gasteiger partial charge in [-0.3, -0.25) is 14.8 Å². The first-order valence-corrected chi connectivity index (χ1v) is 11.0. The van der Waals surface area contributed by atoms with Crippen LogP contribution in [0.2, 0.25) is 0 Å². The fraction of sp³-hybridized carbons (Fsp3) is 0.0455. The van der Waals surface area contributed by atoms with Gasteiger partial charge in [-0.2, -0.15) is 0 Å². The smallest absolute Gasteiger partial charge is 0.242 e. The molecular formula is C22H16N4O2S2. The van der Waals surface area contributed by atoms with E-state index in [0.717, 1.165) is 21.2 Å². The van der Waals surface area contributed by atoms with Crippen molar-refractivity contribution in [2.45, 2.75) is 14.9 Å². The summed E-state index contributed by atoms with van der Waals surface area (Å²) in [6, 6.07) is 22.7. The topological polar surface area (TPSA) is 82.1 Å². The van der Waals surface area contributed by atoms with Crippen molar-refractivity contribution in [3.63, 3.8) is 0 Å². The molecule has 0 saturated carbocycles. The van der Waals surface area contributed by atoms with Crippen LogP contribution in [0, 0.1) is 0 Å². The number of rotatable bonds is 4. The summed E-state index contributed by atoms with van der Waals surface area (Å²) in [7, 11) is 0. The van der Waals surface area contributed by atoms with E-state index >= 15 is 0 Å². The number of hydrogen-bond donors (Lipinski definition) is 2. The SMILES string of the molecule is O=C(CSc1n[nH]c(-c2ccccc2O)n1)N1c2ccccc2Sc2ccccc21. The van der Waals surface area contributed by atoms with Crippen LogP contribution >= 0.6 is 23.5 Å². The van der Waals surface area contributed by atoms with Gasteiger partial charge in [-0.05, 0) is 36.4 Å². The molecule has 0 fully saturated rings. The van der Waals surface area contributed by atoms with Crippen LogP contribution in [0.4, 0.5) is 11.4 Å². The Morgan fingerprint density at radius 1 is 0.967 bits per heavy atom. The average Bonchev–Trinajstić information content (AvgIpc) is 3.25. The Balaban J connectivity index is 1.38. The molecule has 0 aliphatic carbocycles. The summed E-state index contributed by atoms with van der Waals surface area (Å²) in [6.45, 7) is 0. The number of hydrogen-bond acceptors (Lipinski definition) is 6. The minimum atomic E-state index is -0.0471. The van der Waals surface area contributed by atoms with Gasteiger partial charge in [0.25, 0.3) is 0 Å². The lowest BCUT2D eigenvalue weighted by Gasteiger charge is -2.30. The van der Waals surface area contributed by atoms with E-state index in [9.17, 15) is 9.90 Å². The predicted molar refractivity (Wildman–Crippen MR) is 118 cm³/mol. The van der Waals surface area contributed by atoms with Crippen LogP contribution in [0.1, 0.15) is 0 Å². The highest BCUT2D eigenvalue weighted by atomic mass is 32.2. The van der Waals surface area contributed by atoms with Gasteiger partial charge in [-0.25, -0.2) is 4.98 Å². The minimum Gasteiger partial charge on any atom is -0.507 e. The van der Waals surface area contributed by atoms with E-state index in [2.05, 4.69) is 15.2 Å². The standard InChI is InChI=1S/C22H16N4O2S2/c27-17-10-4-1-7-14(17)21-23-22(25-24-21)29-13-20(28)26-15-8-2-5-11-18(15)30-19-12-6-3-9-16(19)26/h1-12,27H,13H2,(H,23,24,25). The number of aromatic nitrogens is 3. The van der Waals surface area contributed by atoms with Gasteiger partial charge in [0.15, 0.2) is 5.82 Å². The largest absolute Gasteiger partial charge is 0.507 e. The molecule has 0 radical (unpaired) electrons. The van der Waals surface area contributed by atoms with E-state index in [1.165, 1.54) is 11.8 Å². The van der Waals surface area contributed by atoms with Crippen molar-refractivity contribution in [1.29, 1.82) is 0 Å². The number of aromatic hydroxyl groups is 1. The molecule has 1 amide bonds. The number of aromatic amines is 1. The molecule has 8 heteroatoms. The normalized spacial score (nSPS) is 12.3. The molecule has 3 aromatic carbocycles. The highest BCUT2D eigenvalue weighted by Gasteiger charge is 2.28. The van der Waals surface area contributed by atoms with Crippen molar-refractivity contribution in [2.24, 2.45) is 0 Å². The fourth-order valence-corrected chi connectivity index (χ4v) is 4.98. The molecule has 5 rings (SSSR count). The van der Waals surface area contributed by atoms with Crippen molar-refractivity contribution in [3.8, 4) is 17.1 Å². The molecule has 0 bridgehead atoms. The van der Waals surface area contributed by atoms with Gasteiger partial charge in [0, 0.05) is 9.79 Å². The first kappa shape index (κ1) is 18.8. The van der Waals surface area contributed by atoms with E-state index in [1.54, 1.807) is 34.9 Å². The summed E-state index contributed by atoms with van der Waals surface area (Å²) in [5, 5.41) is 17.5. The maximum atomic E-state index is 13.2. The number of nitrogens with one attached hydrogen (secondary N) is 1. The molecule has 0 unspecified atom stereocenters.